The third kappa shape index (κ3) is 7.96. The molecule has 1 aromatic heterocycles. The molecular weight excluding hydrogens is 506 g/mol. The highest BCUT2D eigenvalue weighted by Crippen LogP contribution is 2.26. The minimum absolute atomic E-state index is 0.0897. The molecule has 1 atom stereocenters. The van der Waals surface area contributed by atoms with Gasteiger partial charge in [0, 0.05) is 64.1 Å². The molecule has 10 heteroatoms. The van der Waals surface area contributed by atoms with Gasteiger partial charge in [-0.3, -0.25) is 14.4 Å². The number of ether oxygens (including phenoxy) is 1. The Kier molecular flexibility index (Phi) is 11.0. The lowest BCUT2D eigenvalue weighted by atomic mass is 10.00. The van der Waals surface area contributed by atoms with Gasteiger partial charge in [0.15, 0.2) is 0 Å². The molecule has 1 aliphatic heterocycles. The van der Waals surface area contributed by atoms with E-state index in [1.807, 2.05) is 29.5 Å². The molecule has 1 aliphatic rings. The second kappa shape index (κ2) is 14.2. The molecule has 0 bridgehead atoms. The lowest BCUT2D eigenvalue weighted by molar-refractivity contribution is -0.136. The lowest BCUT2D eigenvalue weighted by Crippen LogP contribution is -2.51. The van der Waals surface area contributed by atoms with Crippen LogP contribution in [-0.2, 0) is 16.1 Å². The SMILES string of the molecule is CC(C)[C@H]1C(=O)N(C)CCCCN(C(=O)CCn2ccnc2)CCCCOc2ccc(Cl)cc2C(=O)N1C. The molecule has 2 aromatic rings. The first-order chi connectivity index (χ1) is 18.2. The van der Waals surface area contributed by atoms with E-state index < -0.39 is 6.04 Å². The monoisotopic (exact) mass is 545 g/mol. The van der Waals surface area contributed by atoms with Crippen LogP contribution in [0.2, 0.25) is 5.02 Å². The highest BCUT2D eigenvalue weighted by Gasteiger charge is 2.33. The Morgan fingerprint density at radius 2 is 1.82 bits per heavy atom. The Balaban J connectivity index is 1.78. The van der Waals surface area contributed by atoms with E-state index in [9.17, 15) is 14.4 Å². The first-order valence-electron chi connectivity index (χ1n) is 13.4. The minimum atomic E-state index is -0.628. The van der Waals surface area contributed by atoms with Gasteiger partial charge in [-0.1, -0.05) is 25.4 Å². The first kappa shape index (κ1) is 29.5. The van der Waals surface area contributed by atoms with Crippen LogP contribution in [0.15, 0.2) is 36.9 Å². The van der Waals surface area contributed by atoms with Crippen molar-refractivity contribution in [1.82, 2.24) is 24.3 Å². The molecule has 3 rings (SSSR count). The zero-order valence-corrected chi connectivity index (χ0v) is 23.7. The van der Waals surface area contributed by atoms with E-state index in [1.165, 1.54) is 4.90 Å². The molecule has 1 aromatic carbocycles. The summed E-state index contributed by atoms with van der Waals surface area (Å²) in [5.41, 5.74) is 0.335. The number of rotatable bonds is 4. The number of fused-ring (bicyclic) bond motifs is 1. The molecule has 2 heterocycles. The van der Waals surface area contributed by atoms with Gasteiger partial charge in [0.2, 0.25) is 11.8 Å². The van der Waals surface area contributed by atoms with Crippen molar-refractivity contribution in [1.29, 1.82) is 0 Å². The largest absolute Gasteiger partial charge is 0.493 e. The summed E-state index contributed by atoms with van der Waals surface area (Å²) in [6.45, 7) is 6.68. The molecule has 0 radical (unpaired) electrons. The quantitative estimate of drug-likeness (QED) is 0.580. The van der Waals surface area contributed by atoms with Crippen LogP contribution in [0.25, 0.3) is 0 Å². The molecule has 0 fully saturated rings. The standard InChI is InChI=1S/C28H40ClN5O4/c1-21(2)26-28(37)31(3)13-5-6-14-34(25(35)11-16-33-17-12-30-20-33)15-7-8-18-38-24-10-9-22(29)19-23(24)27(36)32(26)4/h9-10,12,17,19-21,26H,5-8,11,13-16,18H2,1-4H3/t26-/m0/s1. The molecule has 0 N–H and O–H groups in total. The smallest absolute Gasteiger partial charge is 0.258 e. The Bertz CT molecular complexity index is 1080. The average Bonchev–Trinajstić information content (AvgIpc) is 3.41. The molecule has 38 heavy (non-hydrogen) atoms. The summed E-state index contributed by atoms with van der Waals surface area (Å²) in [5.74, 6) is 0.0363. The van der Waals surface area contributed by atoms with Crippen LogP contribution in [0.4, 0.5) is 0 Å². The average molecular weight is 546 g/mol. The molecule has 0 unspecified atom stereocenters. The lowest BCUT2D eigenvalue weighted by Gasteiger charge is -2.33. The van der Waals surface area contributed by atoms with Gasteiger partial charge in [-0.2, -0.15) is 0 Å². The van der Waals surface area contributed by atoms with Crippen molar-refractivity contribution in [2.45, 2.75) is 58.5 Å². The maximum Gasteiger partial charge on any atom is 0.258 e. The highest BCUT2D eigenvalue weighted by molar-refractivity contribution is 6.31. The zero-order chi connectivity index (χ0) is 27.7. The summed E-state index contributed by atoms with van der Waals surface area (Å²) < 4.78 is 7.91. The topological polar surface area (TPSA) is 88.0 Å². The van der Waals surface area contributed by atoms with Crippen LogP contribution >= 0.6 is 11.6 Å². The number of halogens is 1. The molecule has 0 saturated heterocycles. The van der Waals surface area contributed by atoms with Crippen LogP contribution in [0.5, 0.6) is 5.75 Å². The van der Waals surface area contributed by atoms with Crippen LogP contribution in [0, 0.1) is 5.92 Å². The molecule has 3 amide bonds. The summed E-state index contributed by atoms with van der Waals surface area (Å²) >= 11 is 6.23. The predicted molar refractivity (Wildman–Crippen MR) is 147 cm³/mol. The first-order valence-corrected chi connectivity index (χ1v) is 13.7. The molecule has 0 saturated carbocycles. The van der Waals surface area contributed by atoms with Gasteiger partial charge in [0.25, 0.3) is 5.91 Å². The van der Waals surface area contributed by atoms with E-state index in [0.29, 0.717) is 55.5 Å². The van der Waals surface area contributed by atoms with E-state index in [1.54, 1.807) is 49.7 Å². The van der Waals surface area contributed by atoms with Crippen molar-refractivity contribution in [2.24, 2.45) is 5.92 Å². The zero-order valence-electron chi connectivity index (χ0n) is 22.9. The van der Waals surface area contributed by atoms with Crippen molar-refractivity contribution in [2.75, 3.05) is 40.3 Å². The fraction of sp³-hybridized carbons (Fsp3) is 0.571. The van der Waals surface area contributed by atoms with Crippen molar-refractivity contribution >= 4 is 29.3 Å². The van der Waals surface area contributed by atoms with Crippen molar-refractivity contribution in [3.8, 4) is 5.75 Å². The number of aryl methyl sites for hydroxylation is 1. The summed E-state index contributed by atoms with van der Waals surface area (Å²) in [4.78, 5) is 49.1. The van der Waals surface area contributed by atoms with Crippen molar-refractivity contribution in [3.05, 3.63) is 47.5 Å². The number of likely N-dealkylation sites (N-methyl/N-ethyl adjacent to an activating group) is 2. The third-order valence-corrected chi connectivity index (χ3v) is 7.15. The normalized spacial score (nSPS) is 18.8. The number of benzene rings is 1. The second-order valence-electron chi connectivity index (χ2n) is 10.2. The maximum absolute atomic E-state index is 13.5. The number of nitrogens with zero attached hydrogens (tertiary/aromatic N) is 5. The van der Waals surface area contributed by atoms with E-state index >= 15 is 0 Å². The van der Waals surface area contributed by atoms with Crippen molar-refractivity contribution < 1.29 is 19.1 Å². The third-order valence-electron chi connectivity index (χ3n) is 6.92. The Morgan fingerprint density at radius 3 is 2.50 bits per heavy atom. The number of hydrogen-bond acceptors (Lipinski definition) is 5. The molecule has 9 nitrogen and oxygen atoms in total. The second-order valence-corrected chi connectivity index (χ2v) is 10.6. The van der Waals surface area contributed by atoms with Gasteiger partial charge in [-0.25, -0.2) is 4.98 Å². The van der Waals surface area contributed by atoms with Crippen LogP contribution in [-0.4, -0.2) is 88.4 Å². The number of amides is 3. The maximum atomic E-state index is 13.5. The molecule has 0 aliphatic carbocycles. The van der Waals surface area contributed by atoms with E-state index in [0.717, 1.165) is 25.7 Å². The van der Waals surface area contributed by atoms with Crippen LogP contribution in [0.1, 0.15) is 56.3 Å². The van der Waals surface area contributed by atoms with Gasteiger partial charge in [0.05, 0.1) is 18.5 Å². The molecule has 0 spiro atoms. The Morgan fingerprint density at radius 1 is 1.11 bits per heavy atom. The molecule has 208 valence electrons. The summed E-state index contributed by atoms with van der Waals surface area (Å²) in [7, 11) is 3.43. The highest BCUT2D eigenvalue weighted by atomic mass is 35.5. The summed E-state index contributed by atoms with van der Waals surface area (Å²) in [6.07, 6.45) is 8.74. The number of imidazole rings is 1. The number of aromatic nitrogens is 2. The van der Waals surface area contributed by atoms with E-state index in [2.05, 4.69) is 4.98 Å². The molecular formula is C28H40ClN5O4. The Labute approximate surface area is 230 Å². The van der Waals surface area contributed by atoms with E-state index in [4.69, 9.17) is 16.3 Å². The van der Waals surface area contributed by atoms with Crippen molar-refractivity contribution in [3.63, 3.8) is 0 Å². The summed E-state index contributed by atoms with van der Waals surface area (Å²) in [6, 6.07) is 4.35. The Hall–Kier alpha value is -3.07. The van der Waals surface area contributed by atoms with Gasteiger partial charge < -0.3 is 24.0 Å². The number of carbonyl (C=O) groups is 3. The van der Waals surface area contributed by atoms with Crippen LogP contribution < -0.4 is 4.74 Å². The summed E-state index contributed by atoms with van der Waals surface area (Å²) in [5, 5.41) is 0.425. The fourth-order valence-corrected chi connectivity index (χ4v) is 4.92. The fourth-order valence-electron chi connectivity index (χ4n) is 4.75. The van der Waals surface area contributed by atoms with Gasteiger partial charge >= 0.3 is 0 Å². The van der Waals surface area contributed by atoms with E-state index in [-0.39, 0.29) is 23.6 Å². The van der Waals surface area contributed by atoms with Crippen LogP contribution in [0.3, 0.4) is 0 Å². The van der Waals surface area contributed by atoms with Gasteiger partial charge in [0.1, 0.15) is 11.8 Å². The number of hydrogen-bond donors (Lipinski definition) is 0. The van der Waals surface area contributed by atoms with Gasteiger partial charge in [-0.05, 0) is 49.8 Å². The predicted octanol–water partition coefficient (Wildman–Crippen LogP) is 3.96. The van der Waals surface area contributed by atoms with Gasteiger partial charge in [-0.15, -0.1) is 0 Å². The number of carbonyl (C=O) groups excluding carboxylic acids is 3. The minimum Gasteiger partial charge on any atom is -0.493 e.